The lowest BCUT2D eigenvalue weighted by molar-refractivity contribution is -0.118. The Labute approximate surface area is 54.2 Å². The van der Waals surface area contributed by atoms with Gasteiger partial charge in [-0.05, 0) is 0 Å². The van der Waals surface area contributed by atoms with Crippen molar-refractivity contribution >= 4 is 11.8 Å². The van der Waals surface area contributed by atoms with Gasteiger partial charge in [-0.3, -0.25) is 9.59 Å². The maximum absolute atomic E-state index is 9.59. The van der Waals surface area contributed by atoms with Gasteiger partial charge < -0.3 is 11.5 Å². The van der Waals surface area contributed by atoms with E-state index in [0.717, 1.165) is 0 Å². The van der Waals surface area contributed by atoms with E-state index in [2.05, 4.69) is 11.5 Å². The van der Waals surface area contributed by atoms with E-state index in [0.29, 0.717) is 6.42 Å². The number of hydrogen-bond donors (Lipinski definition) is 2. The first-order chi connectivity index (χ1) is 4.00. The highest BCUT2D eigenvalue weighted by Gasteiger charge is 1.77. The number of hydrogen-bond acceptors (Lipinski definition) is 2. The molecule has 4 nitrogen and oxygen atoms in total. The third-order valence-corrected chi connectivity index (χ3v) is 0.348. The second kappa shape index (κ2) is 6.94. The lowest BCUT2D eigenvalue weighted by Gasteiger charge is -1.73. The summed E-state index contributed by atoms with van der Waals surface area (Å²) in [6.45, 7) is 3.03. The van der Waals surface area contributed by atoms with Crippen molar-refractivity contribution in [1.82, 2.24) is 0 Å². The van der Waals surface area contributed by atoms with Crippen LogP contribution in [0.4, 0.5) is 0 Å². The molecule has 0 aromatic carbocycles. The monoisotopic (exact) mass is 132 g/mol. The quantitative estimate of drug-likeness (QED) is 0.497. The van der Waals surface area contributed by atoms with Gasteiger partial charge in [-0.15, -0.1) is 0 Å². The van der Waals surface area contributed by atoms with Crippen LogP contribution in [0.25, 0.3) is 0 Å². The van der Waals surface area contributed by atoms with Gasteiger partial charge in [-0.2, -0.15) is 0 Å². The van der Waals surface area contributed by atoms with E-state index in [1.54, 1.807) is 6.92 Å². The molecule has 4 heteroatoms. The van der Waals surface area contributed by atoms with Gasteiger partial charge in [-0.1, -0.05) is 6.92 Å². The van der Waals surface area contributed by atoms with Crippen LogP contribution in [0.2, 0.25) is 0 Å². The molecule has 0 heterocycles. The molecule has 0 saturated heterocycles. The molecule has 0 aromatic rings. The fraction of sp³-hybridized carbons (Fsp3) is 0.600. The molecule has 2 amide bonds. The Hall–Kier alpha value is -1.06. The number of rotatable bonds is 1. The average Bonchev–Trinajstić information content (AvgIpc) is 1.65. The molecule has 0 radical (unpaired) electrons. The third kappa shape index (κ3) is 192. The van der Waals surface area contributed by atoms with Crippen molar-refractivity contribution in [3.63, 3.8) is 0 Å². The highest BCUT2D eigenvalue weighted by atomic mass is 16.1. The van der Waals surface area contributed by atoms with Gasteiger partial charge in [0.05, 0.1) is 0 Å². The van der Waals surface area contributed by atoms with E-state index in [1.165, 1.54) is 6.92 Å². The second-order valence-electron chi connectivity index (χ2n) is 1.43. The summed E-state index contributed by atoms with van der Waals surface area (Å²) in [4.78, 5) is 18.8. The standard InChI is InChI=1S/C3H7NO.C2H5NO/c1-2-3(4)5;1-2(3)4/h2H2,1H3,(H2,4,5);1H3,(H2,3,4). The zero-order valence-electron chi connectivity index (χ0n) is 5.68. The number of primary amides is 2. The Morgan fingerprint density at radius 2 is 1.44 bits per heavy atom. The largest absolute Gasteiger partial charge is 0.370 e. The Bertz CT molecular complexity index is 97.1. The first kappa shape index (κ1) is 10.8. The zero-order valence-corrected chi connectivity index (χ0v) is 5.68. The van der Waals surface area contributed by atoms with E-state index >= 15 is 0 Å². The van der Waals surface area contributed by atoms with E-state index in [-0.39, 0.29) is 11.8 Å². The number of carbonyl (C=O) groups is 2. The van der Waals surface area contributed by atoms with Crippen LogP contribution in [0.3, 0.4) is 0 Å². The van der Waals surface area contributed by atoms with Crippen LogP contribution >= 0.6 is 0 Å². The van der Waals surface area contributed by atoms with Gasteiger partial charge in [-0.25, -0.2) is 0 Å². The molecular weight excluding hydrogens is 120 g/mol. The molecule has 0 rings (SSSR count). The van der Waals surface area contributed by atoms with Crippen molar-refractivity contribution < 1.29 is 9.59 Å². The summed E-state index contributed by atoms with van der Waals surface area (Å²) in [5.41, 5.74) is 9.12. The average molecular weight is 132 g/mol. The van der Waals surface area contributed by atoms with Crippen LogP contribution in [0, 0.1) is 0 Å². The summed E-state index contributed by atoms with van der Waals surface area (Å²) in [5, 5.41) is 0. The van der Waals surface area contributed by atoms with Gasteiger partial charge in [0.15, 0.2) is 0 Å². The Morgan fingerprint density at radius 1 is 1.33 bits per heavy atom. The second-order valence-corrected chi connectivity index (χ2v) is 1.43. The molecule has 0 aliphatic rings. The molecule has 0 bridgehead atoms. The van der Waals surface area contributed by atoms with Crippen LogP contribution < -0.4 is 11.5 Å². The van der Waals surface area contributed by atoms with Crippen molar-refractivity contribution in [3.8, 4) is 0 Å². The lowest BCUT2D eigenvalue weighted by Crippen LogP contribution is -2.06. The molecule has 0 aliphatic heterocycles. The van der Waals surface area contributed by atoms with Crippen LogP contribution in [-0.2, 0) is 9.59 Å². The van der Waals surface area contributed by atoms with Crippen molar-refractivity contribution in [2.75, 3.05) is 0 Å². The zero-order chi connectivity index (χ0) is 7.86. The minimum Gasteiger partial charge on any atom is -0.370 e. The molecule has 0 atom stereocenters. The summed E-state index contributed by atoms with van der Waals surface area (Å²) < 4.78 is 0. The Kier molecular flexibility index (Phi) is 8.36. The number of nitrogens with two attached hydrogens (primary N) is 2. The molecular formula is C5H12N2O2. The van der Waals surface area contributed by atoms with E-state index < -0.39 is 0 Å². The molecule has 0 fully saturated rings. The van der Waals surface area contributed by atoms with Crippen molar-refractivity contribution in [3.05, 3.63) is 0 Å². The van der Waals surface area contributed by atoms with Crippen molar-refractivity contribution in [2.45, 2.75) is 20.3 Å². The lowest BCUT2D eigenvalue weighted by atomic mass is 10.5. The maximum atomic E-state index is 9.59. The molecule has 54 valence electrons. The summed E-state index contributed by atoms with van der Waals surface area (Å²) >= 11 is 0. The van der Waals surface area contributed by atoms with Gasteiger partial charge in [0, 0.05) is 13.3 Å². The first-order valence-corrected chi connectivity index (χ1v) is 2.55. The molecule has 9 heavy (non-hydrogen) atoms. The molecule has 0 spiro atoms. The SMILES string of the molecule is CC(N)=O.CCC(N)=O. The first-order valence-electron chi connectivity index (χ1n) is 2.55. The van der Waals surface area contributed by atoms with Crippen molar-refractivity contribution in [2.24, 2.45) is 11.5 Å². The normalized spacial score (nSPS) is 6.89. The molecule has 0 aliphatic carbocycles. The van der Waals surface area contributed by atoms with Crippen LogP contribution in [0.15, 0.2) is 0 Å². The highest BCUT2D eigenvalue weighted by Crippen LogP contribution is 1.63. The van der Waals surface area contributed by atoms with Gasteiger partial charge >= 0.3 is 0 Å². The summed E-state index contributed by atoms with van der Waals surface area (Å²) in [6, 6.07) is 0. The minimum absolute atomic E-state index is 0.245. The van der Waals surface area contributed by atoms with Gasteiger partial charge in [0.1, 0.15) is 0 Å². The Balaban J connectivity index is 0. The summed E-state index contributed by atoms with van der Waals surface area (Å²) in [7, 11) is 0. The molecule has 0 saturated carbocycles. The topological polar surface area (TPSA) is 86.2 Å². The third-order valence-electron chi connectivity index (χ3n) is 0.348. The summed E-state index contributed by atoms with van der Waals surface area (Å²) in [5.74, 6) is -0.579. The smallest absolute Gasteiger partial charge is 0.217 e. The van der Waals surface area contributed by atoms with E-state index in [1.807, 2.05) is 0 Å². The summed E-state index contributed by atoms with van der Waals surface area (Å²) in [6.07, 6.45) is 0.444. The van der Waals surface area contributed by atoms with Gasteiger partial charge in [0.25, 0.3) is 0 Å². The molecule has 0 aromatic heterocycles. The van der Waals surface area contributed by atoms with Gasteiger partial charge in [0.2, 0.25) is 11.8 Å². The Morgan fingerprint density at radius 3 is 1.44 bits per heavy atom. The predicted molar refractivity (Wildman–Crippen MR) is 34.4 cm³/mol. The number of amides is 2. The fourth-order valence-corrected chi connectivity index (χ4v) is 0. The maximum Gasteiger partial charge on any atom is 0.217 e. The van der Waals surface area contributed by atoms with Crippen LogP contribution in [-0.4, -0.2) is 11.8 Å². The van der Waals surface area contributed by atoms with E-state index in [4.69, 9.17) is 0 Å². The number of carbonyl (C=O) groups excluding carboxylic acids is 2. The van der Waals surface area contributed by atoms with Crippen molar-refractivity contribution in [1.29, 1.82) is 0 Å². The van der Waals surface area contributed by atoms with E-state index in [9.17, 15) is 9.59 Å². The predicted octanol–water partition coefficient (Wildman–Crippen LogP) is -0.627. The highest BCUT2D eigenvalue weighted by molar-refractivity contribution is 5.73. The van der Waals surface area contributed by atoms with Crippen LogP contribution in [0.5, 0.6) is 0 Å². The molecule has 4 N–H and O–H groups in total. The molecule has 0 unspecified atom stereocenters. The van der Waals surface area contributed by atoms with Crippen LogP contribution in [0.1, 0.15) is 20.3 Å². The fourth-order valence-electron chi connectivity index (χ4n) is 0. The minimum atomic E-state index is -0.333.